The quantitative estimate of drug-likeness (QED) is 0.775. The molecule has 0 saturated carbocycles. The van der Waals surface area contributed by atoms with Crippen LogP contribution in [0.5, 0.6) is 0 Å². The van der Waals surface area contributed by atoms with E-state index in [-0.39, 0.29) is 29.9 Å². The van der Waals surface area contributed by atoms with E-state index in [2.05, 4.69) is 30.1 Å². The maximum atomic E-state index is 12.8. The normalized spacial score (nSPS) is 21.4. The first kappa shape index (κ1) is 22.8. The predicted octanol–water partition coefficient (Wildman–Crippen LogP) is 3.66. The Bertz CT molecular complexity index is 1030. The molecule has 0 unspecified atom stereocenters. The molecule has 2 fully saturated rings. The molecule has 2 aromatic rings. The third-order valence-corrected chi connectivity index (χ3v) is 6.35. The molecule has 0 aliphatic carbocycles. The van der Waals surface area contributed by atoms with Crippen LogP contribution in [0.2, 0.25) is 0 Å². The minimum Gasteiger partial charge on any atom is -0.372 e. The van der Waals surface area contributed by atoms with Crippen LogP contribution in [-0.4, -0.2) is 55.1 Å². The van der Waals surface area contributed by atoms with Crippen LogP contribution in [0.15, 0.2) is 48.5 Å². The SMILES string of the molecule is C[C@@H]1CN(c2ccc(NC(=O)C3CCN(C(=O)c4ccccc4C#N)CC3)cc2)C[C@H](C)O1. The lowest BCUT2D eigenvalue weighted by Gasteiger charge is -2.37. The number of piperidine rings is 1. The molecule has 7 nitrogen and oxygen atoms in total. The highest BCUT2D eigenvalue weighted by Crippen LogP contribution is 2.25. The van der Waals surface area contributed by atoms with E-state index in [1.54, 1.807) is 29.2 Å². The van der Waals surface area contributed by atoms with Crippen molar-refractivity contribution in [3.63, 3.8) is 0 Å². The van der Waals surface area contributed by atoms with Crippen LogP contribution in [0.3, 0.4) is 0 Å². The van der Waals surface area contributed by atoms with E-state index >= 15 is 0 Å². The molecule has 0 radical (unpaired) electrons. The molecular weight excluding hydrogens is 416 g/mol. The van der Waals surface area contributed by atoms with Crippen LogP contribution in [0.4, 0.5) is 11.4 Å². The number of hydrogen-bond acceptors (Lipinski definition) is 5. The van der Waals surface area contributed by atoms with E-state index in [0.29, 0.717) is 37.1 Å². The molecule has 4 rings (SSSR count). The average Bonchev–Trinajstić information content (AvgIpc) is 2.83. The fourth-order valence-corrected chi connectivity index (χ4v) is 4.67. The lowest BCUT2D eigenvalue weighted by molar-refractivity contribution is -0.121. The first-order valence-corrected chi connectivity index (χ1v) is 11.5. The fraction of sp³-hybridized carbons (Fsp3) is 0.423. The number of amides is 2. The summed E-state index contributed by atoms with van der Waals surface area (Å²) in [5, 5.41) is 12.3. The second kappa shape index (κ2) is 10.1. The maximum Gasteiger partial charge on any atom is 0.255 e. The molecule has 172 valence electrons. The van der Waals surface area contributed by atoms with Crippen molar-refractivity contribution in [2.45, 2.75) is 38.9 Å². The molecule has 2 heterocycles. The topological polar surface area (TPSA) is 85.7 Å². The fourth-order valence-electron chi connectivity index (χ4n) is 4.67. The number of ether oxygens (including phenoxy) is 1. The number of nitrogens with zero attached hydrogens (tertiary/aromatic N) is 3. The number of anilines is 2. The van der Waals surface area contributed by atoms with Crippen molar-refractivity contribution in [1.29, 1.82) is 5.26 Å². The molecule has 0 spiro atoms. The van der Waals surface area contributed by atoms with Gasteiger partial charge in [-0.05, 0) is 63.1 Å². The highest BCUT2D eigenvalue weighted by atomic mass is 16.5. The lowest BCUT2D eigenvalue weighted by Crippen LogP contribution is -2.45. The van der Waals surface area contributed by atoms with Gasteiger partial charge in [0, 0.05) is 43.5 Å². The molecule has 0 bridgehead atoms. The van der Waals surface area contributed by atoms with Crippen molar-refractivity contribution < 1.29 is 14.3 Å². The molecule has 7 heteroatoms. The Labute approximate surface area is 194 Å². The molecule has 2 aliphatic rings. The van der Waals surface area contributed by atoms with Gasteiger partial charge in [-0.25, -0.2) is 0 Å². The van der Waals surface area contributed by atoms with Gasteiger partial charge in [-0.15, -0.1) is 0 Å². The number of nitriles is 1. The molecule has 0 aromatic heterocycles. The van der Waals surface area contributed by atoms with Crippen LogP contribution in [0.25, 0.3) is 0 Å². The second-order valence-electron chi connectivity index (χ2n) is 8.92. The Morgan fingerprint density at radius 1 is 1.00 bits per heavy atom. The standard InChI is InChI=1S/C26H30N4O3/c1-18-16-30(17-19(2)33-18)23-9-7-22(8-10-23)28-25(31)20-11-13-29(14-12-20)26(32)24-6-4-3-5-21(24)15-27/h3-10,18-20H,11-14,16-17H2,1-2H3,(H,28,31)/t18-,19+. The summed E-state index contributed by atoms with van der Waals surface area (Å²) in [5.41, 5.74) is 2.71. The van der Waals surface area contributed by atoms with Crippen molar-refractivity contribution in [2.75, 3.05) is 36.4 Å². The second-order valence-corrected chi connectivity index (χ2v) is 8.92. The summed E-state index contributed by atoms with van der Waals surface area (Å²) in [5.74, 6) is -0.296. The monoisotopic (exact) mass is 446 g/mol. The van der Waals surface area contributed by atoms with Gasteiger partial charge in [-0.1, -0.05) is 12.1 Å². The summed E-state index contributed by atoms with van der Waals surface area (Å²) < 4.78 is 5.80. The Morgan fingerprint density at radius 2 is 1.64 bits per heavy atom. The van der Waals surface area contributed by atoms with E-state index in [1.807, 2.05) is 24.3 Å². The first-order valence-electron chi connectivity index (χ1n) is 11.5. The molecule has 1 N–H and O–H groups in total. The van der Waals surface area contributed by atoms with Crippen LogP contribution in [-0.2, 0) is 9.53 Å². The van der Waals surface area contributed by atoms with Gasteiger partial charge in [0.2, 0.25) is 5.91 Å². The molecule has 2 aromatic carbocycles. The maximum absolute atomic E-state index is 12.8. The zero-order valence-electron chi connectivity index (χ0n) is 19.2. The van der Waals surface area contributed by atoms with Crippen molar-refractivity contribution in [2.24, 2.45) is 5.92 Å². The summed E-state index contributed by atoms with van der Waals surface area (Å²) in [6, 6.07) is 16.9. The minimum atomic E-state index is -0.145. The molecule has 2 aliphatic heterocycles. The number of likely N-dealkylation sites (tertiary alicyclic amines) is 1. The number of morpholine rings is 1. The van der Waals surface area contributed by atoms with Gasteiger partial charge in [0.25, 0.3) is 5.91 Å². The van der Waals surface area contributed by atoms with Gasteiger partial charge in [0.05, 0.1) is 29.4 Å². The van der Waals surface area contributed by atoms with E-state index in [0.717, 1.165) is 24.5 Å². The predicted molar refractivity (Wildman–Crippen MR) is 127 cm³/mol. The first-order chi connectivity index (χ1) is 15.9. The Morgan fingerprint density at radius 3 is 2.27 bits per heavy atom. The molecule has 2 saturated heterocycles. The van der Waals surface area contributed by atoms with Gasteiger partial charge in [-0.3, -0.25) is 9.59 Å². The van der Waals surface area contributed by atoms with E-state index in [4.69, 9.17) is 4.74 Å². The number of hydrogen-bond donors (Lipinski definition) is 1. The summed E-state index contributed by atoms with van der Waals surface area (Å²) >= 11 is 0. The average molecular weight is 447 g/mol. The van der Waals surface area contributed by atoms with Crippen molar-refractivity contribution >= 4 is 23.2 Å². The summed E-state index contributed by atoms with van der Waals surface area (Å²) in [7, 11) is 0. The number of nitrogens with one attached hydrogen (secondary N) is 1. The van der Waals surface area contributed by atoms with Crippen molar-refractivity contribution in [1.82, 2.24) is 4.90 Å². The lowest BCUT2D eigenvalue weighted by atomic mass is 9.95. The van der Waals surface area contributed by atoms with Gasteiger partial charge < -0.3 is 19.9 Å². The number of carbonyl (C=O) groups excluding carboxylic acids is 2. The van der Waals surface area contributed by atoms with Crippen molar-refractivity contribution in [3.8, 4) is 6.07 Å². The van der Waals surface area contributed by atoms with E-state index in [1.165, 1.54) is 0 Å². The van der Waals surface area contributed by atoms with E-state index in [9.17, 15) is 14.9 Å². The Kier molecular flexibility index (Phi) is 6.95. The Hall–Kier alpha value is -3.37. The van der Waals surface area contributed by atoms with Crippen molar-refractivity contribution in [3.05, 3.63) is 59.7 Å². The summed E-state index contributed by atoms with van der Waals surface area (Å²) in [4.78, 5) is 29.7. The van der Waals surface area contributed by atoms with Gasteiger partial charge in [-0.2, -0.15) is 5.26 Å². The van der Waals surface area contributed by atoms with Crippen LogP contribution >= 0.6 is 0 Å². The highest BCUT2D eigenvalue weighted by molar-refractivity contribution is 5.97. The van der Waals surface area contributed by atoms with Crippen LogP contribution in [0, 0.1) is 17.2 Å². The van der Waals surface area contributed by atoms with E-state index < -0.39 is 0 Å². The number of benzene rings is 2. The van der Waals surface area contributed by atoms with Crippen LogP contribution in [0.1, 0.15) is 42.6 Å². The van der Waals surface area contributed by atoms with Gasteiger partial charge >= 0.3 is 0 Å². The molecular formula is C26H30N4O3. The summed E-state index contributed by atoms with van der Waals surface area (Å²) in [6.45, 7) is 6.88. The van der Waals surface area contributed by atoms with Gasteiger partial charge in [0.15, 0.2) is 0 Å². The zero-order chi connectivity index (χ0) is 23.4. The summed E-state index contributed by atoms with van der Waals surface area (Å²) in [6.07, 6.45) is 1.60. The Balaban J connectivity index is 1.30. The number of carbonyl (C=O) groups is 2. The highest BCUT2D eigenvalue weighted by Gasteiger charge is 2.29. The minimum absolute atomic E-state index is 0.0131. The molecule has 33 heavy (non-hydrogen) atoms. The number of rotatable bonds is 4. The smallest absolute Gasteiger partial charge is 0.255 e. The molecule has 2 amide bonds. The molecule has 2 atom stereocenters. The third kappa shape index (κ3) is 5.35. The third-order valence-electron chi connectivity index (χ3n) is 6.35. The zero-order valence-corrected chi connectivity index (χ0v) is 19.2. The van der Waals surface area contributed by atoms with Gasteiger partial charge in [0.1, 0.15) is 0 Å². The largest absolute Gasteiger partial charge is 0.372 e. The van der Waals surface area contributed by atoms with Crippen LogP contribution < -0.4 is 10.2 Å².